The second-order valence-electron chi connectivity index (χ2n) is 5.15. The summed E-state index contributed by atoms with van der Waals surface area (Å²) >= 11 is 0. The summed E-state index contributed by atoms with van der Waals surface area (Å²) in [5.41, 5.74) is 0.865. The molecule has 4 nitrogen and oxygen atoms in total. The molecule has 1 heterocycles. The summed E-state index contributed by atoms with van der Waals surface area (Å²) in [6.45, 7) is 2.13. The zero-order valence-electron chi connectivity index (χ0n) is 11.8. The molecule has 0 saturated carbocycles. The van der Waals surface area contributed by atoms with E-state index in [1.54, 1.807) is 12.0 Å². The van der Waals surface area contributed by atoms with Gasteiger partial charge in [-0.05, 0) is 38.3 Å². The molecular formula is C15H22N2O2. The first kappa shape index (κ1) is 13.9. The van der Waals surface area contributed by atoms with Crippen LogP contribution in [-0.2, 0) is 4.79 Å². The van der Waals surface area contributed by atoms with Gasteiger partial charge in [-0.1, -0.05) is 6.07 Å². The van der Waals surface area contributed by atoms with Gasteiger partial charge in [0, 0.05) is 24.8 Å². The monoisotopic (exact) mass is 262 g/mol. The quantitative estimate of drug-likeness (QED) is 0.908. The van der Waals surface area contributed by atoms with Crippen molar-refractivity contribution in [3.63, 3.8) is 0 Å². The van der Waals surface area contributed by atoms with Crippen molar-refractivity contribution in [2.75, 3.05) is 19.1 Å². The molecule has 0 spiro atoms. The van der Waals surface area contributed by atoms with Gasteiger partial charge in [-0.2, -0.15) is 0 Å². The number of nitrogens with one attached hydrogen (secondary N) is 1. The molecule has 4 heteroatoms. The van der Waals surface area contributed by atoms with Gasteiger partial charge < -0.3 is 15.0 Å². The fourth-order valence-corrected chi connectivity index (χ4v) is 2.51. The van der Waals surface area contributed by atoms with E-state index < -0.39 is 0 Å². The van der Waals surface area contributed by atoms with Gasteiger partial charge >= 0.3 is 0 Å². The van der Waals surface area contributed by atoms with Crippen molar-refractivity contribution in [3.05, 3.63) is 24.3 Å². The van der Waals surface area contributed by atoms with Crippen molar-refractivity contribution in [2.45, 2.75) is 38.3 Å². The molecule has 104 valence electrons. The minimum Gasteiger partial charge on any atom is -0.497 e. The van der Waals surface area contributed by atoms with E-state index in [0.29, 0.717) is 6.04 Å². The zero-order valence-corrected chi connectivity index (χ0v) is 11.8. The number of hydrogen-bond acceptors (Lipinski definition) is 3. The number of carbonyl (C=O) groups is 1. The maximum absolute atomic E-state index is 12.5. The second kappa shape index (κ2) is 6.06. The molecule has 0 radical (unpaired) electrons. The van der Waals surface area contributed by atoms with E-state index in [9.17, 15) is 4.79 Å². The van der Waals surface area contributed by atoms with Crippen LogP contribution < -0.4 is 15.0 Å². The molecule has 1 aromatic carbocycles. The van der Waals surface area contributed by atoms with E-state index in [4.69, 9.17) is 4.74 Å². The van der Waals surface area contributed by atoms with Gasteiger partial charge in [0.25, 0.3) is 0 Å². The molecule has 0 bridgehead atoms. The highest BCUT2D eigenvalue weighted by atomic mass is 16.5. The van der Waals surface area contributed by atoms with Crippen molar-refractivity contribution in [2.24, 2.45) is 0 Å². The van der Waals surface area contributed by atoms with Crippen LogP contribution in [0.3, 0.4) is 0 Å². The van der Waals surface area contributed by atoms with Crippen LogP contribution in [0, 0.1) is 0 Å². The molecule has 2 rings (SSSR count). The highest BCUT2D eigenvalue weighted by Gasteiger charge is 2.27. The van der Waals surface area contributed by atoms with Gasteiger partial charge in [-0.25, -0.2) is 0 Å². The molecule has 0 aliphatic carbocycles. The van der Waals surface area contributed by atoms with Crippen LogP contribution in [0.4, 0.5) is 5.69 Å². The van der Waals surface area contributed by atoms with Crippen molar-refractivity contribution in [3.8, 4) is 5.75 Å². The van der Waals surface area contributed by atoms with Crippen molar-refractivity contribution in [1.82, 2.24) is 5.32 Å². The molecule has 1 aliphatic rings. The largest absolute Gasteiger partial charge is 0.497 e. The fourth-order valence-electron chi connectivity index (χ4n) is 2.51. The van der Waals surface area contributed by atoms with Crippen molar-refractivity contribution < 1.29 is 9.53 Å². The second-order valence-corrected chi connectivity index (χ2v) is 5.15. The Morgan fingerprint density at radius 3 is 2.89 bits per heavy atom. The Hall–Kier alpha value is -1.55. The summed E-state index contributed by atoms with van der Waals surface area (Å²) in [6, 6.07) is 7.93. The highest BCUT2D eigenvalue weighted by Crippen LogP contribution is 2.22. The van der Waals surface area contributed by atoms with Crippen LogP contribution in [-0.4, -0.2) is 32.1 Å². The Morgan fingerprint density at radius 1 is 1.42 bits per heavy atom. The van der Waals surface area contributed by atoms with E-state index in [-0.39, 0.29) is 11.9 Å². The number of likely N-dealkylation sites (N-methyl/N-ethyl adjacent to an activating group) is 1. The lowest BCUT2D eigenvalue weighted by Crippen LogP contribution is -2.50. The number of nitrogens with zero attached hydrogens (tertiary/aromatic N) is 1. The van der Waals surface area contributed by atoms with Gasteiger partial charge in [0.05, 0.1) is 13.2 Å². The number of benzene rings is 1. The lowest BCUT2D eigenvalue weighted by molar-refractivity contribution is -0.121. The van der Waals surface area contributed by atoms with Crippen LogP contribution in [0.25, 0.3) is 0 Å². The van der Waals surface area contributed by atoms with Gasteiger partial charge in [0.15, 0.2) is 0 Å². The average molecular weight is 262 g/mol. The Morgan fingerprint density at radius 2 is 2.21 bits per heavy atom. The lowest BCUT2D eigenvalue weighted by Gasteiger charge is -2.31. The SMILES string of the molecule is COc1cccc(N(C)C(=O)C2CCCC(C)N2)c1. The normalized spacial score (nSPS) is 22.9. The van der Waals surface area contributed by atoms with Gasteiger partial charge in [-0.15, -0.1) is 0 Å². The van der Waals surface area contributed by atoms with Crippen LogP contribution in [0.5, 0.6) is 5.75 Å². The molecule has 19 heavy (non-hydrogen) atoms. The molecule has 1 N–H and O–H groups in total. The number of amides is 1. The molecule has 1 aromatic rings. The van der Waals surface area contributed by atoms with E-state index in [0.717, 1.165) is 30.7 Å². The van der Waals surface area contributed by atoms with Crippen molar-refractivity contribution in [1.29, 1.82) is 0 Å². The summed E-state index contributed by atoms with van der Waals surface area (Å²) in [6.07, 6.45) is 3.17. The molecule has 2 atom stereocenters. The third kappa shape index (κ3) is 3.26. The maximum Gasteiger partial charge on any atom is 0.243 e. The van der Waals surface area contributed by atoms with Gasteiger partial charge in [0.1, 0.15) is 5.75 Å². The molecule has 1 saturated heterocycles. The van der Waals surface area contributed by atoms with Crippen LogP contribution in [0.15, 0.2) is 24.3 Å². The third-order valence-electron chi connectivity index (χ3n) is 3.68. The number of hydrogen-bond donors (Lipinski definition) is 1. The molecular weight excluding hydrogens is 240 g/mol. The van der Waals surface area contributed by atoms with Gasteiger partial charge in [-0.3, -0.25) is 4.79 Å². The number of rotatable bonds is 3. The smallest absolute Gasteiger partial charge is 0.243 e. The molecule has 2 unspecified atom stereocenters. The Balaban J connectivity index is 2.09. The topological polar surface area (TPSA) is 41.6 Å². The van der Waals surface area contributed by atoms with E-state index in [1.165, 1.54) is 0 Å². The van der Waals surface area contributed by atoms with E-state index >= 15 is 0 Å². The summed E-state index contributed by atoms with van der Waals surface area (Å²) in [7, 11) is 3.45. The lowest BCUT2D eigenvalue weighted by atomic mass is 9.98. The standard InChI is InChI=1S/C15H22N2O2/c1-11-6-4-9-14(16-11)15(18)17(2)12-7-5-8-13(10-12)19-3/h5,7-8,10-11,14,16H,4,6,9H2,1-3H3. The van der Waals surface area contributed by atoms with Crippen molar-refractivity contribution >= 4 is 11.6 Å². The Kier molecular flexibility index (Phi) is 4.43. The van der Waals surface area contributed by atoms with Gasteiger partial charge in [0.2, 0.25) is 5.91 Å². The fraction of sp³-hybridized carbons (Fsp3) is 0.533. The number of ether oxygens (including phenoxy) is 1. The summed E-state index contributed by atoms with van der Waals surface area (Å²) in [5, 5.41) is 3.37. The highest BCUT2D eigenvalue weighted by molar-refractivity contribution is 5.96. The minimum absolute atomic E-state index is 0.0695. The van der Waals surface area contributed by atoms with E-state index in [1.807, 2.05) is 31.3 Å². The summed E-state index contributed by atoms with van der Waals surface area (Å²) < 4.78 is 5.19. The predicted octanol–water partition coefficient (Wildman–Crippen LogP) is 2.19. The number of methoxy groups -OCH3 is 1. The predicted molar refractivity (Wildman–Crippen MR) is 76.6 cm³/mol. The minimum atomic E-state index is -0.0695. The molecule has 0 aromatic heterocycles. The Labute approximate surface area is 114 Å². The van der Waals surface area contributed by atoms with Crippen LogP contribution in [0.2, 0.25) is 0 Å². The zero-order chi connectivity index (χ0) is 13.8. The van der Waals surface area contributed by atoms with E-state index in [2.05, 4.69) is 12.2 Å². The van der Waals surface area contributed by atoms with Crippen LogP contribution >= 0.6 is 0 Å². The number of piperidine rings is 1. The number of carbonyl (C=O) groups excluding carboxylic acids is 1. The molecule has 1 fully saturated rings. The van der Waals surface area contributed by atoms with Crippen LogP contribution in [0.1, 0.15) is 26.2 Å². The first-order valence-electron chi connectivity index (χ1n) is 6.79. The summed E-state index contributed by atoms with van der Waals surface area (Å²) in [4.78, 5) is 14.2. The molecule has 1 amide bonds. The number of anilines is 1. The maximum atomic E-state index is 12.5. The summed E-state index contributed by atoms with van der Waals surface area (Å²) in [5.74, 6) is 0.891. The third-order valence-corrected chi connectivity index (χ3v) is 3.68. The average Bonchev–Trinajstić information content (AvgIpc) is 2.45. The molecule has 1 aliphatic heterocycles. The Bertz CT molecular complexity index is 448. The first-order valence-corrected chi connectivity index (χ1v) is 6.79. The first-order chi connectivity index (χ1) is 9.11.